The molecule has 11 amide bonds. The highest BCUT2D eigenvalue weighted by molar-refractivity contribution is 7.91. The van der Waals surface area contributed by atoms with Crippen molar-refractivity contribution in [2.45, 2.75) is 141 Å². The molecule has 0 spiro atoms. The number of sulfone groups is 1. The first kappa shape index (κ1) is 58.5. The van der Waals surface area contributed by atoms with E-state index in [0.717, 1.165) is 4.90 Å². The molecule has 0 aliphatic carbocycles. The van der Waals surface area contributed by atoms with E-state index in [1.54, 1.807) is 27.7 Å². The summed E-state index contributed by atoms with van der Waals surface area (Å²) in [4.78, 5) is 148. The Bertz CT molecular complexity index is 2240. The van der Waals surface area contributed by atoms with E-state index in [2.05, 4.69) is 37.2 Å². The van der Waals surface area contributed by atoms with Gasteiger partial charge in [-0.2, -0.15) is 0 Å². The molecule has 2 aliphatic heterocycles. The lowest BCUT2D eigenvalue weighted by Crippen LogP contribution is -2.62. The van der Waals surface area contributed by atoms with Crippen molar-refractivity contribution in [2.75, 3.05) is 24.6 Å². The number of rotatable bonds is 17. The minimum atomic E-state index is -4.29. The maximum absolute atomic E-state index is 14.6. The second-order valence-electron chi connectivity index (χ2n) is 18.3. The van der Waals surface area contributed by atoms with Gasteiger partial charge in [0.15, 0.2) is 9.84 Å². The molecule has 1 aromatic rings. The van der Waals surface area contributed by atoms with Crippen molar-refractivity contribution in [1.82, 2.24) is 42.1 Å². The molecule has 0 unspecified atom stereocenters. The highest BCUT2D eigenvalue weighted by atomic mass is 32.2. The number of amides is 11. The molecule has 0 aromatic heterocycles. The first-order chi connectivity index (χ1) is 33.3. The molecule has 25 nitrogen and oxygen atoms in total. The standard InChI is InChI=1S/C45H69N11O14S/c1-5-25(4)38-44(67)51-28(13-14-34(46)58)40(63)53-32(22-35(47)59)41(64)52-29(15-18-71(69,70)19-16-37(61)50-31(42(65)55-38)21-26-9-11-27(57)12-10-26)45(68)56-17-7-6-8-33(56)43(66)54-30(20-24(2)3)39(62)49-23-36(48)60/h9-12,24-25,28-33,38,57H,5-8,13-23H2,1-4H3,(H2,46,58)(H2,47,59)(H2,48,60)(H,49,62)(H,50,61)(H,51,67)(H,52,64)(H,53,63)(H,54,66)(H,55,65)/t25-,28-,29-,30-,31+,32-,33-,38-/m0/s1. The van der Waals surface area contributed by atoms with Gasteiger partial charge in [-0.1, -0.05) is 46.2 Å². The number of hydrogen-bond donors (Lipinski definition) is 11. The van der Waals surface area contributed by atoms with Gasteiger partial charge in [-0.25, -0.2) is 8.42 Å². The summed E-state index contributed by atoms with van der Waals surface area (Å²) < 4.78 is 27.3. The zero-order valence-corrected chi connectivity index (χ0v) is 41.3. The highest BCUT2D eigenvalue weighted by Crippen LogP contribution is 2.21. The number of aromatic hydroxyl groups is 1. The molecule has 2 aliphatic rings. The predicted molar refractivity (Wildman–Crippen MR) is 254 cm³/mol. The Balaban J connectivity index is 2.12. The van der Waals surface area contributed by atoms with Crippen LogP contribution >= 0.6 is 0 Å². The summed E-state index contributed by atoms with van der Waals surface area (Å²) in [5, 5.41) is 27.2. The SMILES string of the molecule is CC[C@H](C)[C@@H]1NC(=O)[C@@H](Cc2ccc(O)cc2)NC(=O)CCS(=O)(=O)CC[C@@H](C(=O)N2CCCC[C@H]2C(=O)N[C@@H](CC(C)C)C(=O)NCC(N)=O)NC(=O)[C@H](CC(N)=O)NC(=O)[C@H](CCC(N)=O)NC1=O. The van der Waals surface area contributed by atoms with Gasteiger partial charge < -0.3 is 64.4 Å². The number of benzene rings is 1. The molecule has 1 aromatic carbocycles. The summed E-state index contributed by atoms with van der Waals surface area (Å²) in [5.41, 5.74) is 16.5. The van der Waals surface area contributed by atoms with Crippen molar-refractivity contribution in [1.29, 1.82) is 0 Å². The van der Waals surface area contributed by atoms with Gasteiger partial charge in [0, 0.05) is 25.8 Å². The fourth-order valence-electron chi connectivity index (χ4n) is 7.91. The van der Waals surface area contributed by atoms with Crippen LogP contribution in [0.3, 0.4) is 0 Å². The lowest BCUT2D eigenvalue weighted by atomic mass is 9.96. The van der Waals surface area contributed by atoms with E-state index in [4.69, 9.17) is 17.2 Å². The number of phenols is 1. The van der Waals surface area contributed by atoms with Crippen molar-refractivity contribution in [3.8, 4) is 5.75 Å². The Hall–Kier alpha value is -6.86. The van der Waals surface area contributed by atoms with E-state index >= 15 is 0 Å². The third-order valence-corrected chi connectivity index (χ3v) is 13.7. The van der Waals surface area contributed by atoms with E-state index in [-0.39, 0.29) is 37.5 Å². The molecule has 0 saturated carbocycles. The van der Waals surface area contributed by atoms with Crippen LogP contribution in [0.4, 0.5) is 0 Å². The van der Waals surface area contributed by atoms with Gasteiger partial charge in [-0.3, -0.25) is 52.7 Å². The van der Waals surface area contributed by atoms with Crippen LogP contribution in [-0.4, -0.2) is 150 Å². The van der Waals surface area contributed by atoms with Crippen molar-refractivity contribution >= 4 is 74.8 Å². The summed E-state index contributed by atoms with van der Waals surface area (Å²) >= 11 is 0. The maximum atomic E-state index is 14.6. The Morgan fingerprint density at radius 1 is 0.775 bits per heavy atom. The number of hydrogen-bond acceptors (Lipinski definition) is 14. The fraction of sp³-hybridized carbons (Fsp3) is 0.622. The normalized spacial score (nSPS) is 23.8. The van der Waals surface area contributed by atoms with E-state index in [0.29, 0.717) is 24.8 Å². The molecule has 2 heterocycles. The van der Waals surface area contributed by atoms with Gasteiger partial charge >= 0.3 is 0 Å². The number of carbonyl (C=O) groups excluding carboxylic acids is 11. The van der Waals surface area contributed by atoms with E-state index < -0.39 is 173 Å². The second kappa shape index (κ2) is 27.5. The number of nitrogens with one attached hydrogen (secondary N) is 7. The summed E-state index contributed by atoms with van der Waals surface area (Å²) in [7, 11) is -4.29. The number of nitrogens with two attached hydrogens (primary N) is 3. The average molecular weight is 1020 g/mol. The summed E-state index contributed by atoms with van der Waals surface area (Å²) in [6, 6.07) is -4.88. The number of phenolic OH excluding ortho intramolecular Hbond substituents is 1. The van der Waals surface area contributed by atoms with Crippen LogP contribution in [0.1, 0.15) is 97.5 Å². The minimum Gasteiger partial charge on any atom is -0.508 e. The Morgan fingerprint density at radius 3 is 2.01 bits per heavy atom. The Kier molecular flexibility index (Phi) is 22.6. The predicted octanol–water partition coefficient (Wildman–Crippen LogP) is -3.73. The summed E-state index contributed by atoms with van der Waals surface area (Å²) in [6.07, 6.45) is -2.06. The van der Waals surface area contributed by atoms with E-state index in [1.807, 2.05) is 0 Å². The number of carbonyl (C=O) groups is 11. The van der Waals surface area contributed by atoms with Gasteiger partial charge in [-0.05, 0) is 68.1 Å². The quantitative estimate of drug-likeness (QED) is 0.0715. The van der Waals surface area contributed by atoms with Crippen LogP contribution in [0.25, 0.3) is 0 Å². The van der Waals surface area contributed by atoms with Gasteiger partial charge in [0.05, 0.1) is 24.5 Å². The van der Waals surface area contributed by atoms with E-state index in [1.165, 1.54) is 24.3 Å². The molecular formula is C45H69N11O14S. The molecule has 14 N–H and O–H groups in total. The Labute approximate surface area is 411 Å². The molecule has 2 saturated heterocycles. The molecular weight excluding hydrogens is 951 g/mol. The zero-order valence-electron chi connectivity index (χ0n) is 40.5. The van der Waals surface area contributed by atoms with Gasteiger partial charge in [0.25, 0.3) is 0 Å². The van der Waals surface area contributed by atoms with Crippen LogP contribution < -0.4 is 54.4 Å². The molecule has 26 heteroatoms. The van der Waals surface area contributed by atoms with Gasteiger partial charge in [0.1, 0.15) is 48.0 Å². The molecule has 394 valence electrons. The van der Waals surface area contributed by atoms with Crippen molar-refractivity contribution in [3.63, 3.8) is 0 Å². The van der Waals surface area contributed by atoms with Gasteiger partial charge in [-0.15, -0.1) is 0 Å². The minimum absolute atomic E-state index is 0.0713. The third-order valence-electron chi connectivity index (χ3n) is 12.0. The molecule has 2 fully saturated rings. The molecule has 71 heavy (non-hydrogen) atoms. The summed E-state index contributed by atoms with van der Waals surface area (Å²) in [5.74, 6) is -12.8. The molecule has 0 radical (unpaired) electrons. The zero-order chi connectivity index (χ0) is 53.2. The lowest BCUT2D eigenvalue weighted by Gasteiger charge is -2.38. The van der Waals surface area contributed by atoms with Crippen LogP contribution in [0, 0.1) is 11.8 Å². The average Bonchev–Trinajstić information content (AvgIpc) is 3.30. The summed E-state index contributed by atoms with van der Waals surface area (Å²) in [6.45, 7) is 6.30. The number of nitrogens with zero attached hydrogens (tertiary/aromatic N) is 1. The first-order valence-electron chi connectivity index (χ1n) is 23.5. The fourth-order valence-corrected chi connectivity index (χ4v) is 9.21. The van der Waals surface area contributed by atoms with Crippen LogP contribution in [0.15, 0.2) is 24.3 Å². The van der Waals surface area contributed by atoms with Gasteiger partial charge in [0.2, 0.25) is 65.0 Å². The van der Waals surface area contributed by atoms with E-state index in [9.17, 15) is 66.3 Å². The maximum Gasteiger partial charge on any atom is 0.245 e. The largest absolute Gasteiger partial charge is 0.508 e. The number of likely N-dealkylation sites (tertiary alicyclic amines) is 1. The van der Waals surface area contributed by atoms with Crippen molar-refractivity contribution in [2.24, 2.45) is 29.0 Å². The molecule has 0 bridgehead atoms. The topological polar surface area (TPSA) is 408 Å². The number of piperidine rings is 1. The smallest absolute Gasteiger partial charge is 0.245 e. The second-order valence-corrected chi connectivity index (χ2v) is 20.6. The third kappa shape index (κ3) is 19.5. The van der Waals surface area contributed by atoms with Crippen molar-refractivity contribution in [3.05, 3.63) is 29.8 Å². The number of primary amides is 3. The Morgan fingerprint density at radius 2 is 1.41 bits per heavy atom. The van der Waals surface area contributed by atoms with Crippen LogP contribution in [-0.2, 0) is 69.0 Å². The first-order valence-corrected chi connectivity index (χ1v) is 25.3. The van der Waals surface area contributed by atoms with Crippen LogP contribution in [0.2, 0.25) is 0 Å². The lowest BCUT2D eigenvalue weighted by molar-refractivity contribution is -0.146. The monoisotopic (exact) mass is 1020 g/mol. The van der Waals surface area contributed by atoms with Crippen molar-refractivity contribution < 1.29 is 66.3 Å². The van der Waals surface area contributed by atoms with Crippen LogP contribution in [0.5, 0.6) is 5.75 Å². The molecule has 3 rings (SSSR count). The highest BCUT2D eigenvalue weighted by Gasteiger charge is 2.40. The molecule has 8 atom stereocenters.